The largest absolute Gasteiger partial charge is 0.120 e. The monoisotopic (exact) mass is 173 g/mol. The maximum atomic E-state index is 5.22. The summed E-state index contributed by atoms with van der Waals surface area (Å²) in [6, 6.07) is 11.8. The highest BCUT2D eigenvalue weighted by molar-refractivity contribution is 6.72. The van der Waals surface area contributed by atoms with Crippen LogP contribution in [0.3, 0.4) is 0 Å². The summed E-state index contributed by atoms with van der Waals surface area (Å²) >= 11 is 0. The van der Waals surface area contributed by atoms with Crippen molar-refractivity contribution >= 4 is 14.0 Å². The molecule has 1 radical (unpaired) electrons. The first kappa shape index (κ1) is 9.09. The van der Waals surface area contributed by atoms with Gasteiger partial charge in [-0.1, -0.05) is 42.1 Å². The minimum Gasteiger partial charge on any atom is -0.120 e. The Labute approximate surface area is 76.2 Å². The summed E-state index contributed by atoms with van der Waals surface area (Å²) in [6.45, 7) is 2.32. The van der Waals surface area contributed by atoms with Gasteiger partial charge in [-0.15, -0.1) is 12.3 Å². The van der Waals surface area contributed by atoms with Crippen molar-refractivity contribution in [1.82, 2.24) is 0 Å². The Balaban J connectivity index is 2.55. The van der Waals surface area contributed by atoms with Gasteiger partial charge < -0.3 is 0 Å². The van der Waals surface area contributed by atoms with Crippen LogP contribution >= 0.6 is 0 Å². The quantitative estimate of drug-likeness (QED) is 0.485. The second-order valence-corrected chi connectivity index (χ2v) is 5.49. The zero-order valence-corrected chi connectivity index (χ0v) is 8.38. The van der Waals surface area contributed by atoms with Crippen molar-refractivity contribution < 1.29 is 0 Å². The van der Waals surface area contributed by atoms with E-state index < -0.39 is 0 Å². The van der Waals surface area contributed by atoms with E-state index in [1.54, 1.807) is 0 Å². The molecular weight excluding hydrogens is 160 g/mol. The van der Waals surface area contributed by atoms with E-state index in [0.717, 1.165) is 6.42 Å². The number of terminal acetylenes is 1. The van der Waals surface area contributed by atoms with Crippen molar-refractivity contribution in [2.24, 2.45) is 0 Å². The maximum Gasteiger partial charge on any atom is 0.0833 e. The second kappa shape index (κ2) is 4.79. The molecule has 0 unspecified atom stereocenters. The van der Waals surface area contributed by atoms with Gasteiger partial charge in [0.25, 0.3) is 0 Å². The SMILES string of the molecule is C#CCC[Si](C)c1ccccc1. The summed E-state index contributed by atoms with van der Waals surface area (Å²) in [5, 5.41) is 1.48. The van der Waals surface area contributed by atoms with E-state index in [1.165, 1.54) is 11.2 Å². The molecule has 0 fully saturated rings. The fraction of sp³-hybridized carbons (Fsp3) is 0.273. The highest BCUT2D eigenvalue weighted by Gasteiger charge is 2.04. The summed E-state index contributed by atoms with van der Waals surface area (Å²) in [7, 11) is -0.372. The maximum absolute atomic E-state index is 5.22. The van der Waals surface area contributed by atoms with Crippen molar-refractivity contribution in [1.29, 1.82) is 0 Å². The summed E-state index contributed by atoms with van der Waals surface area (Å²) in [5.41, 5.74) is 0. The zero-order valence-electron chi connectivity index (χ0n) is 7.38. The van der Waals surface area contributed by atoms with Crippen LogP contribution < -0.4 is 5.19 Å². The Morgan fingerprint density at radius 3 is 2.58 bits per heavy atom. The van der Waals surface area contributed by atoms with E-state index in [-0.39, 0.29) is 8.80 Å². The van der Waals surface area contributed by atoms with Crippen LogP contribution in [0.2, 0.25) is 12.6 Å². The van der Waals surface area contributed by atoms with E-state index in [4.69, 9.17) is 6.42 Å². The fourth-order valence-corrected chi connectivity index (χ4v) is 2.70. The number of benzene rings is 1. The van der Waals surface area contributed by atoms with Crippen LogP contribution in [0.15, 0.2) is 30.3 Å². The lowest BCUT2D eigenvalue weighted by atomic mass is 10.4. The Morgan fingerprint density at radius 2 is 2.00 bits per heavy atom. The Bertz CT molecular complexity index is 258. The number of hydrogen-bond donors (Lipinski definition) is 0. The topological polar surface area (TPSA) is 0 Å². The molecule has 12 heavy (non-hydrogen) atoms. The van der Waals surface area contributed by atoms with Crippen molar-refractivity contribution in [3.8, 4) is 12.3 Å². The van der Waals surface area contributed by atoms with Crippen LogP contribution in [0, 0.1) is 12.3 Å². The zero-order chi connectivity index (χ0) is 8.81. The van der Waals surface area contributed by atoms with Crippen molar-refractivity contribution in [3.63, 3.8) is 0 Å². The van der Waals surface area contributed by atoms with Crippen LogP contribution in [-0.4, -0.2) is 8.80 Å². The lowest BCUT2D eigenvalue weighted by Crippen LogP contribution is -2.25. The van der Waals surface area contributed by atoms with Crippen LogP contribution in [0.1, 0.15) is 6.42 Å². The molecule has 0 saturated heterocycles. The van der Waals surface area contributed by atoms with E-state index in [9.17, 15) is 0 Å². The highest BCUT2D eigenvalue weighted by Crippen LogP contribution is 1.97. The molecule has 0 aliphatic carbocycles. The van der Waals surface area contributed by atoms with Gasteiger partial charge in [0.2, 0.25) is 0 Å². The minimum absolute atomic E-state index is 0.372. The highest BCUT2D eigenvalue weighted by atomic mass is 28.3. The molecule has 0 amide bonds. The molecule has 0 spiro atoms. The molecule has 0 N–H and O–H groups in total. The predicted octanol–water partition coefficient (Wildman–Crippen LogP) is 2.04. The van der Waals surface area contributed by atoms with Crippen LogP contribution in [0.4, 0.5) is 0 Å². The summed E-state index contributed by atoms with van der Waals surface area (Å²) < 4.78 is 0. The van der Waals surface area contributed by atoms with Gasteiger partial charge in [0, 0.05) is 6.42 Å². The Kier molecular flexibility index (Phi) is 3.63. The molecule has 0 heterocycles. The van der Waals surface area contributed by atoms with Crippen LogP contribution in [-0.2, 0) is 0 Å². The molecule has 0 bridgehead atoms. The van der Waals surface area contributed by atoms with Crippen molar-refractivity contribution in [2.75, 3.05) is 0 Å². The lowest BCUT2D eigenvalue weighted by Gasteiger charge is -2.06. The molecule has 0 aliphatic heterocycles. The van der Waals surface area contributed by atoms with Gasteiger partial charge in [0.05, 0.1) is 8.80 Å². The number of rotatable bonds is 3. The minimum atomic E-state index is -0.372. The van der Waals surface area contributed by atoms with E-state index >= 15 is 0 Å². The average Bonchev–Trinajstić information content (AvgIpc) is 2.15. The summed E-state index contributed by atoms with van der Waals surface area (Å²) in [5.74, 6) is 2.69. The molecule has 0 aliphatic rings. The molecule has 1 aromatic rings. The summed E-state index contributed by atoms with van der Waals surface area (Å²) in [4.78, 5) is 0. The van der Waals surface area contributed by atoms with E-state index in [1.807, 2.05) is 0 Å². The van der Waals surface area contributed by atoms with E-state index in [2.05, 4.69) is 42.8 Å². The predicted molar refractivity (Wildman–Crippen MR) is 56.0 cm³/mol. The second-order valence-electron chi connectivity index (χ2n) is 2.85. The molecule has 0 aromatic heterocycles. The van der Waals surface area contributed by atoms with Gasteiger partial charge in [0.15, 0.2) is 0 Å². The van der Waals surface area contributed by atoms with Crippen molar-refractivity contribution in [3.05, 3.63) is 30.3 Å². The van der Waals surface area contributed by atoms with Crippen LogP contribution in [0.5, 0.6) is 0 Å². The fourth-order valence-electron chi connectivity index (χ4n) is 1.13. The molecule has 1 aromatic carbocycles. The molecular formula is C11H13Si. The number of hydrogen-bond acceptors (Lipinski definition) is 0. The van der Waals surface area contributed by atoms with Gasteiger partial charge >= 0.3 is 0 Å². The van der Waals surface area contributed by atoms with Crippen LogP contribution in [0.25, 0.3) is 0 Å². The molecule has 1 rings (SSSR count). The van der Waals surface area contributed by atoms with Crippen molar-refractivity contribution in [2.45, 2.75) is 19.0 Å². The van der Waals surface area contributed by atoms with E-state index in [0.29, 0.717) is 0 Å². The first-order valence-electron chi connectivity index (χ1n) is 4.16. The third kappa shape index (κ3) is 2.56. The lowest BCUT2D eigenvalue weighted by molar-refractivity contribution is 1.24. The normalized spacial score (nSPS) is 9.75. The third-order valence-corrected chi connectivity index (χ3v) is 4.23. The van der Waals surface area contributed by atoms with Gasteiger partial charge in [-0.2, -0.15) is 0 Å². The molecule has 1 heteroatoms. The molecule has 0 atom stereocenters. The first-order chi connectivity index (χ1) is 5.84. The molecule has 0 saturated carbocycles. The van der Waals surface area contributed by atoms with Gasteiger partial charge in [0.1, 0.15) is 0 Å². The molecule has 61 valence electrons. The third-order valence-electron chi connectivity index (χ3n) is 1.91. The Morgan fingerprint density at radius 1 is 1.33 bits per heavy atom. The first-order valence-corrected chi connectivity index (χ1v) is 6.36. The van der Waals surface area contributed by atoms with Gasteiger partial charge in [-0.05, 0) is 6.04 Å². The molecule has 0 nitrogen and oxygen atoms in total. The Hall–Kier alpha value is -1.00. The summed E-state index contributed by atoms with van der Waals surface area (Å²) in [6.07, 6.45) is 6.14. The van der Waals surface area contributed by atoms with Gasteiger partial charge in [-0.25, -0.2) is 0 Å². The smallest absolute Gasteiger partial charge is 0.0833 e. The average molecular weight is 173 g/mol. The standard InChI is InChI=1S/C11H13Si/c1-3-4-10-12(2)11-8-6-5-7-9-11/h1,5-9H,4,10H2,2H3. The van der Waals surface area contributed by atoms with Gasteiger partial charge in [-0.3, -0.25) is 0 Å².